The van der Waals surface area contributed by atoms with E-state index in [-0.39, 0.29) is 24.2 Å². The smallest absolute Gasteiger partial charge is 0.435 e. The van der Waals surface area contributed by atoms with Gasteiger partial charge in [-0.1, -0.05) is 0 Å². The van der Waals surface area contributed by atoms with E-state index in [1.54, 1.807) is 0 Å². The van der Waals surface area contributed by atoms with Gasteiger partial charge in [0.25, 0.3) is 5.91 Å². The Bertz CT molecular complexity index is 645. The van der Waals surface area contributed by atoms with E-state index in [0.717, 1.165) is 4.68 Å². The molecule has 0 atom stereocenters. The quantitative estimate of drug-likeness (QED) is 0.894. The van der Waals surface area contributed by atoms with E-state index in [1.807, 2.05) is 0 Å². The first kappa shape index (κ1) is 15.1. The van der Waals surface area contributed by atoms with Crippen molar-refractivity contribution >= 4 is 5.91 Å². The summed E-state index contributed by atoms with van der Waals surface area (Å²) in [5, 5.41) is 5.74. The van der Waals surface area contributed by atoms with Crippen LogP contribution in [0.3, 0.4) is 0 Å². The standard InChI is InChI=1S/C12H13F3N4O2/c1-19-5-8(10(18-19)12(13,14)15)4-17-11(20)7-2-9(3-16)21-6-7/h2,5-6H,3-4,16H2,1H3,(H,17,20). The molecule has 0 radical (unpaired) electrons. The Kier molecular flexibility index (Phi) is 4.03. The number of amides is 1. The predicted molar refractivity (Wildman–Crippen MR) is 66.0 cm³/mol. The average Bonchev–Trinajstić information content (AvgIpc) is 3.01. The number of nitrogens with two attached hydrogens (primary N) is 1. The van der Waals surface area contributed by atoms with E-state index in [1.165, 1.54) is 25.6 Å². The maximum Gasteiger partial charge on any atom is 0.435 e. The number of aryl methyl sites for hydroxylation is 1. The number of aromatic nitrogens is 2. The summed E-state index contributed by atoms with van der Waals surface area (Å²) < 4.78 is 44.3. The van der Waals surface area contributed by atoms with Crippen LogP contribution < -0.4 is 11.1 Å². The third-order valence-corrected chi connectivity index (χ3v) is 2.73. The van der Waals surface area contributed by atoms with Crippen LogP contribution in [-0.4, -0.2) is 15.7 Å². The van der Waals surface area contributed by atoms with E-state index in [4.69, 9.17) is 10.2 Å². The van der Waals surface area contributed by atoms with E-state index in [2.05, 4.69) is 10.4 Å². The summed E-state index contributed by atoms with van der Waals surface area (Å²) in [4.78, 5) is 11.8. The highest BCUT2D eigenvalue weighted by molar-refractivity contribution is 5.93. The predicted octanol–water partition coefficient (Wildman–Crippen LogP) is 1.42. The van der Waals surface area contributed by atoms with Crippen LogP contribution >= 0.6 is 0 Å². The normalized spacial score (nSPS) is 11.7. The molecule has 2 rings (SSSR count). The van der Waals surface area contributed by atoms with Gasteiger partial charge in [-0.15, -0.1) is 0 Å². The summed E-state index contributed by atoms with van der Waals surface area (Å²) in [7, 11) is 1.38. The number of rotatable bonds is 4. The fourth-order valence-corrected chi connectivity index (χ4v) is 1.79. The van der Waals surface area contributed by atoms with E-state index >= 15 is 0 Å². The molecule has 0 aliphatic heterocycles. The molecule has 114 valence electrons. The summed E-state index contributed by atoms with van der Waals surface area (Å²) in [6.07, 6.45) is -2.15. The molecule has 0 aliphatic carbocycles. The molecular formula is C12H13F3N4O2. The summed E-state index contributed by atoms with van der Waals surface area (Å²) in [5.41, 5.74) is 4.42. The lowest BCUT2D eigenvalue weighted by atomic mass is 10.2. The molecule has 2 aromatic heterocycles. The van der Waals surface area contributed by atoms with Crippen molar-refractivity contribution in [2.75, 3.05) is 0 Å². The highest BCUT2D eigenvalue weighted by Crippen LogP contribution is 2.30. The minimum Gasteiger partial charge on any atom is -0.467 e. The number of hydrogen-bond donors (Lipinski definition) is 2. The number of nitrogens with one attached hydrogen (secondary N) is 1. The molecule has 0 fully saturated rings. The summed E-state index contributed by atoms with van der Waals surface area (Å²) in [6, 6.07) is 1.43. The van der Waals surface area contributed by atoms with E-state index in [9.17, 15) is 18.0 Å². The number of nitrogens with zero attached hydrogens (tertiary/aromatic N) is 2. The lowest BCUT2D eigenvalue weighted by Gasteiger charge is -2.06. The van der Waals surface area contributed by atoms with Crippen molar-refractivity contribution in [3.05, 3.63) is 41.1 Å². The Labute approximate surface area is 117 Å². The fourth-order valence-electron chi connectivity index (χ4n) is 1.79. The molecule has 0 spiro atoms. The number of halogens is 3. The van der Waals surface area contributed by atoms with Gasteiger partial charge in [-0.25, -0.2) is 0 Å². The molecule has 0 bridgehead atoms. The zero-order valence-corrected chi connectivity index (χ0v) is 11.1. The van der Waals surface area contributed by atoms with Crippen LogP contribution in [0.1, 0.15) is 27.4 Å². The molecule has 0 saturated heterocycles. The van der Waals surface area contributed by atoms with Crippen molar-refractivity contribution in [1.29, 1.82) is 0 Å². The number of carbonyl (C=O) groups is 1. The second-order valence-corrected chi connectivity index (χ2v) is 4.36. The zero-order chi connectivity index (χ0) is 15.6. The summed E-state index contributed by atoms with van der Waals surface area (Å²) in [6.45, 7) is -0.154. The van der Waals surface area contributed by atoms with Gasteiger partial charge in [0.15, 0.2) is 5.69 Å². The third kappa shape index (κ3) is 3.43. The number of carbonyl (C=O) groups excluding carboxylic acids is 1. The Morgan fingerprint density at radius 1 is 1.52 bits per heavy atom. The third-order valence-electron chi connectivity index (χ3n) is 2.73. The molecule has 9 heteroatoms. The lowest BCUT2D eigenvalue weighted by molar-refractivity contribution is -0.142. The van der Waals surface area contributed by atoms with Crippen LogP contribution in [0.4, 0.5) is 13.2 Å². The Morgan fingerprint density at radius 2 is 2.24 bits per heavy atom. The first-order chi connectivity index (χ1) is 9.81. The van der Waals surface area contributed by atoms with Gasteiger partial charge in [0.05, 0.1) is 12.1 Å². The molecule has 6 nitrogen and oxygen atoms in total. The minimum absolute atomic E-state index is 0.110. The van der Waals surface area contributed by atoms with Gasteiger partial charge in [0.1, 0.15) is 12.0 Å². The molecule has 1 amide bonds. The monoisotopic (exact) mass is 302 g/mol. The van der Waals surface area contributed by atoms with Gasteiger partial charge in [-0.2, -0.15) is 18.3 Å². The highest BCUT2D eigenvalue weighted by Gasteiger charge is 2.36. The second-order valence-electron chi connectivity index (χ2n) is 4.36. The van der Waals surface area contributed by atoms with Crippen LogP contribution in [0.2, 0.25) is 0 Å². The lowest BCUT2D eigenvalue weighted by Crippen LogP contribution is -2.23. The van der Waals surface area contributed by atoms with Gasteiger partial charge < -0.3 is 15.5 Å². The van der Waals surface area contributed by atoms with Crippen molar-refractivity contribution in [1.82, 2.24) is 15.1 Å². The molecule has 21 heavy (non-hydrogen) atoms. The van der Waals surface area contributed by atoms with Gasteiger partial charge in [0.2, 0.25) is 0 Å². The zero-order valence-electron chi connectivity index (χ0n) is 11.1. The van der Waals surface area contributed by atoms with Crippen molar-refractivity contribution in [2.24, 2.45) is 12.8 Å². The van der Waals surface area contributed by atoms with Gasteiger partial charge >= 0.3 is 6.18 Å². The van der Waals surface area contributed by atoms with Crippen LogP contribution in [0.25, 0.3) is 0 Å². The molecule has 2 aromatic rings. The van der Waals surface area contributed by atoms with Gasteiger partial charge in [-0.05, 0) is 6.07 Å². The van der Waals surface area contributed by atoms with Crippen LogP contribution in [0.15, 0.2) is 22.9 Å². The van der Waals surface area contributed by atoms with E-state index < -0.39 is 17.8 Å². The summed E-state index contributed by atoms with van der Waals surface area (Å²) in [5.74, 6) is -0.132. The van der Waals surface area contributed by atoms with Crippen LogP contribution in [-0.2, 0) is 26.3 Å². The van der Waals surface area contributed by atoms with Crippen LogP contribution in [0, 0.1) is 0 Å². The largest absolute Gasteiger partial charge is 0.467 e. The first-order valence-electron chi connectivity index (χ1n) is 5.96. The summed E-state index contributed by atoms with van der Waals surface area (Å²) >= 11 is 0. The fraction of sp³-hybridized carbons (Fsp3) is 0.333. The highest BCUT2D eigenvalue weighted by atomic mass is 19.4. The van der Waals surface area contributed by atoms with E-state index in [0.29, 0.717) is 5.76 Å². The van der Waals surface area contributed by atoms with Gasteiger partial charge in [-0.3, -0.25) is 9.48 Å². The minimum atomic E-state index is -4.57. The van der Waals surface area contributed by atoms with Crippen molar-refractivity contribution in [3.63, 3.8) is 0 Å². The topological polar surface area (TPSA) is 86.1 Å². The number of hydrogen-bond acceptors (Lipinski definition) is 4. The number of furan rings is 1. The Hall–Kier alpha value is -2.29. The molecule has 0 saturated carbocycles. The number of alkyl halides is 3. The molecule has 0 unspecified atom stereocenters. The molecule has 2 heterocycles. The molecule has 0 aromatic carbocycles. The Morgan fingerprint density at radius 3 is 2.81 bits per heavy atom. The van der Waals surface area contributed by atoms with Gasteiger partial charge in [0, 0.05) is 25.4 Å². The van der Waals surface area contributed by atoms with Crippen LogP contribution in [0.5, 0.6) is 0 Å². The maximum atomic E-state index is 12.7. The molecule has 3 N–H and O–H groups in total. The second kappa shape index (κ2) is 5.60. The molecule has 0 aliphatic rings. The maximum absolute atomic E-state index is 12.7. The average molecular weight is 302 g/mol. The van der Waals surface area contributed by atoms with Crippen molar-refractivity contribution in [3.8, 4) is 0 Å². The first-order valence-corrected chi connectivity index (χ1v) is 5.96. The Balaban J connectivity index is 2.08. The SMILES string of the molecule is Cn1cc(CNC(=O)c2coc(CN)c2)c(C(F)(F)F)n1. The van der Waals surface area contributed by atoms with Crippen molar-refractivity contribution < 1.29 is 22.4 Å². The van der Waals surface area contributed by atoms with Crippen molar-refractivity contribution in [2.45, 2.75) is 19.3 Å². The molecular weight excluding hydrogens is 289 g/mol.